The van der Waals surface area contributed by atoms with E-state index in [2.05, 4.69) is 24.9 Å². The maximum atomic E-state index is 13.9. The largest absolute Gasteiger partial charge is 0.489 e. The molecule has 0 fully saturated rings. The Balaban J connectivity index is 1.48. The van der Waals surface area contributed by atoms with Gasteiger partial charge in [-0.2, -0.15) is 5.26 Å². The van der Waals surface area contributed by atoms with E-state index in [9.17, 15) is 14.9 Å². The van der Waals surface area contributed by atoms with E-state index in [1.807, 2.05) is 72.8 Å². The first-order chi connectivity index (χ1) is 21.3. The average Bonchev–Trinajstić information content (AvgIpc) is 3.33. The summed E-state index contributed by atoms with van der Waals surface area (Å²) in [5.74, 6) is 0.462. The lowest BCUT2D eigenvalue weighted by molar-refractivity contribution is -0.140. The van der Waals surface area contributed by atoms with Gasteiger partial charge < -0.3 is 14.2 Å². The standard InChI is InChI=1S/C35H33N3O5S/c1-22(2)25-11-13-26(14-12-25)32-31(34(40)42-18-17-41-4)23(3)37-35-38(32)33(39)30(44-35)19-24-9-15-29(16-10-24)43-21-28-8-6-5-7-27(28)20-36/h5-16,19,22,32H,17-18,21H2,1-4H3. The van der Waals surface area contributed by atoms with Crippen LogP contribution >= 0.6 is 11.3 Å². The Hall–Kier alpha value is -4.78. The van der Waals surface area contributed by atoms with E-state index in [-0.39, 0.29) is 25.4 Å². The van der Waals surface area contributed by atoms with E-state index >= 15 is 0 Å². The predicted molar refractivity (Wildman–Crippen MR) is 169 cm³/mol. The highest BCUT2D eigenvalue weighted by molar-refractivity contribution is 7.07. The normalized spacial score (nSPS) is 14.6. The summed E-state index contributed by atoms with van der Waals surface area (Å²) in [5, 5.41) is 9.31. The summed E-state index contributed by atoms with van der Waals surface area (Å²) in [6.45, 7) is 6.64. The molecule has 1 unspecified atom stereocenters. The Morgan fingerprint density at radius 1 is 1.07 bits per heavy atom. The number of nitriles is 1. The van der Waals surface area contributed by atoms with E-state index in [0.717, 1.165) is 22.3 Å². The molecular weight excluding hydrogens is 574 g/mol. The zero-order valence-corrected chi connectivity index (χ0v) is 25.9. The zero-order valence-electron chi connectivity index (χ0n) is 25.1. The molecule has 44 heavy (non-hydrogen) atoms. The molecule has 0 amide bonds. The van der Waals surface area contributed by atoms with Gasteiger partial charge in [-0.05, 0) is 53.8 Å². The number of esters is 1. The van der Waals surface area contributed by atoms with E-state index in [4.69, 9.17) is 14.2 Å². The van der Waals surface area contributed by atoms with Crippen molar-refractivity contribution in [1.82, 2.24) is 4.57 Å². The third-order valence-corrected chi connectivity index (χ3v) is 8.37. The van der Waals surface area contributed by atoms with Crippen LogP contribution < -0.4 is 19.6 Å². The van der Waals surface area contributed by atoms with Crippen molar-refractivity contribution in [2.45, 2.75) is 39.3 Å². The summed E-state index contributed by atoms with van der Waals surface area (Å²) in [6.07, 6.45) is 1.81. The molecule has 5 rings (SSSR count). The first-order valence-corrected chi connectivity index (χ1v) is 15.1. The number of hydrogen-bond donors (Lipinski definition) is 0. The Labute approximate surface area is 259 Å². The van der Waals surface area contributed by atoms with Crippen molar-refractivity contribution in [2.75, 3.05) is 20.3 Å². The molecule has 0 saturated heterocycles. The topological polar surface area (TPSA) is 103 Å². The highest BCUT2D eigenvalue weighted by atomic mass is 32.1. The number of carbonyl (C=O) groups is 1. The van der Waals surface area contributed by atoms with Crippen LogP contribution in [0, 0.1) is 11.3 Å². The van der Waals surface area contributed by atoms with E-state index < -0.39 is 12.0 Å². The second kappa shape index (κ2) is 13.7. The van der Waals surface area contributed by atoms with Crippen molar-refractivity contribution in [1.29, 1.82) is 5.26 Å². The van der Waals surface area contributed by atoms with Gasteiger partial charge in [0.25, 0.3) is 5.56 Å². The van der Waals surface area contributed by atoms with Crippen molar-refractivity contribution in [3.63, 3.8) is 0 Å². The van der Waals surface area contributed by atoms with Gasteiger partial charge in [-0.1, -0.05) is 79.8 Å². The molecule has 224 valence electrons. The molecule has 9 heteroatoms. The minimum absolute atomic E-state index is 0.0973. The molecule has 0 spiro atoms. The first-order valence-electron chi connectivity index (χ1n) is 14.3. The van der Waals surface area contributed by atoms with Gasteiger partial charge in [0, 0.05) is 12.7 Å². The summed E-state index contributed by atoms with van der Waals surface area (Å²) < 4.78 is 18.5. The smallest absolute Gasteiger partial charge is 0.338 e. The van der Waals surface area contributed by atoms with Crippen molar-refractivity contribution in [3.8, 4) is 11.8 Å². The molecule has 0 N–H and O–H groups in total. The summed E-state index contributed by atoms with van der Waals surface area (Å²) >= 11 is 1.28. The molecule has 4 aromatic rings. The number of benzene rings is 3. The Kier molecular flexibility index (Phi) is 9.53. The van der Waals surface area contributed by atoms with Crippen LogP contribution in [0.15, 0.2) is 93.9 Å². The van der Waals surface area contributed by atoms with Gasteiger partial charge in [0.05, 0.1) is 40.1 Å². The van der Waals surface area contributed by atoms with Gasteiger partial charge in [-0.3, -0.25) is 9.36 Å². The third-order valence-electron chi connectivity index (χ3n) is 7.39. The number of fused-ring (bicyclic) bond motifs is 1. The van der Waals surface area contributed by atoms with Crippen molar-refractivity contribution >= 4 is 23.4 Å². The maximum Gasteiger partial charge on any atom is 0.338 e. The molecule has 1 aliphatic rings. The molecule has 0 bridgehead atoms. The number of methoxy groups -OCH3 is 1. The lowest BCUT2D eigenvalue weighted by Gasteiger charge is -2.25. The van der Waals surface area contributed by atoms with Gasteiger partial charge in [-0.15, -0.1) is 0 Å². The molecule has 3 aromatic carbocycles. The molecule has 0 radical (unpaired) electrons. The molecular formula is C35H33N3O5S. The third kappa shape index (κ3) is 6.57. The summed E-state index contributed by atoms with van der Waals surface area (Å²) in [4.78, 5) is 32.4. The lowest BCUT2D eigenvalue weighted by atomic mass is 9.93. The van der Waals surface area contributed by atoms with Crippen LogP contribution in [0.2, 0.25) is 0 Å². The SMILES string of the molecule is COCCOC(=O)C1=C(C)N=c2sc(=Cc3ccc(OCc4ccccc4C#N)cc3)c(=O)n2C1c1ccc(C(C)C)cc1. The number of rotatable bonds is 10. The second-order valence-corrected chi connectivity index (χ2v) is 11.7. The number of carbonyl (C=O) groups excluding carboxylic acids is 1. The Morgan fingerprint density at radius 2 is 1.80 bits per heavy atom. The second-order valence-electron chi connectivity index (χ2n) is 10.7. The molecule has 8 nitrogen and oxygen atoms in total. The van der Waals surface area contributed by atoms with Crippen LogP contribution in [0.25, 0.3) is 6.08 Å². The van der Waals surface area contributed by atoms with E-state index in [0.29, 0.717) is 37.8 Å². The van der Waals surface area contributed by atoms with Crippen molar-refractivity contribution < 1.29 is 19.0 Å². The number of thiazole rings is 1. The number of hydrogen-bond acceptors (Lipinski definition) is 8. The van der Waals surface area contributed by atoms with Crippen LogP contribution in [0.4, 0.5) is 0 Å². The minimum atomic E-state index is -0.684. The van der Waals surface area contributed by atoms with Gasteiger partial charge >= 0.3 is 5.97 Å². The quantitative estimate of drug-likeness (QED) is 0.186. The fourth-order valence-electron chi connectivity index (χ4n) is 4.98. The Bertz CT molecular complexity index is 1910. The number of aromatic nitrogens is 1. The van der Waals surface area contributed by atoms with Crippen molar-refractivity contribution in [3.05, 3.63) is 132 Å². The van der Waals surface area contributed by atoms with Gasteiger partial charge in [-0.25, -0.2) is 9.79 Å². The minimum Gasteiger partial charge on any atom is -0.489 e. The van der Waals surface area contributed by atoms with Crippen LogP contribution in [-0.2, 0) is 20.9 Å². The highest BCUT2D eigenvalue weighted by Gasteiger charge is 2.33. The van der Waals surface area contributed by atoms with E-state index in [1.165, 1.54) is 11.3 Å². The van der Waals surface area contributed by atoms with Gasteiger partial charge in [0.15, 0.2) is 4.80 Å². The van der Waals surface area contributed by atoms with Crippen molar-refractivity contribution in [2.24, 2.45) is 4.99 Å². The van der Waals surface area contributed by atoms with Crippen LogP contribution in [-0.4, -0.2) is 30.9 Å². The highest BCUT2D eigenvalue weighted by Crippen LogP contribution is 2.31. The van der Waals surface area contributed by atoms with Gasteiger partial charge in [0.1, 0.15) is 19.0 Å². The fourth-order valence-corrected chi connectivity index (χ4v) is 6.03. The monoisotopic (exact) mass is 607 g/mol. The molecule has 0 aliphatic carbocycles. The predicted octanol–water partition coefficient (Wildman–Crippen LogP) is 5.00. The molecule has 2 heterocycles. The molecule has 1 aliphatic heterocycles. The average molecular weight is 608 g/mol. The summed E-state index contributed by atoms with van der Waals surface area (Å²) in [7, 11) is 1.54. The summed E-state index contributed by atoms with van der Waals surface area (Å²) in [6, 6.07) is 24.2. The number of ether oxygens (including phenoxy) is 3. The van der Waals surface area contributed by atoms with Crippen LogP contribution in [0.3, 0.4) is 0 Å². The number of nitrogens with zero attached hydrogens (tertiary/aromatic N) is 3. The van der Waals surface area contributed by atoms with Gasteiger partial charge in [0.2, 0.25) is 0 Å². The number of allylic oxidation sites excluding steroid dienone is 1. The Morgan fingerprint density at radius 3 is 2.48 bits per heavy atom. The molecule has 1 aromatic heterocycles. The maximum absolute atomic E-state index is 13.9. The van der Waals surface area contributed by atoms with Crippen LogP contribution in [0.5, 0.6) is 5.75 Å². The van der Waals surface area contributed by atoms with E-state index in [1.54, 1.807) is 24.7 Å². The summed E-state index contributed by atoms with van der Waals surface area (Å²) in [5.41, 5.74) is 4.76. The molecule has 1 atom stereocenters. The van der Waals surface area contributed by atoms with Crippen LogP contribution in [0.1, 0.15) is 60.5 Å². The zero-order chi connectivity index (χ0) is 31.2. The molecule has 0 saturated carbocycles. The first kappa shape index (κ1) is 30.7. The lowest BCUT2D eigenvalue weighted by Crippen LogP contribution is -2.40. The fraction of sp³-hybridized carbons (Fsp3) is 0.257.